The summed E-state index contributed by atoms with van der Waals surface area (Å²) in [5.41, 5.74) is 6.08. The minimum atomic E-state index is -0.400. The molecule has 3 N–H and O–H groups in total. The molecule has 0 saturated carbocycles. The van der Waals surface area contributed by atoms with E-state index in [4.69, 9.17) is 0 Å². The molecular formula is C27H29N3O2. The molecule has 4 rings (SSSR count). The van der Waals surface area contributed by atoms with Gasteiger partial charge in [0.15, 0.2) is 11.6 Å². The molecular weight excluding hydrogens is 398 g/mol. The minimum absolute atomic E-state index is 0.0283. The van der Waals surface area contributed by atoms with Crippen molar-refractivity contribution < 1.29 is 9.59 Å². The number of para-hydroxylation sites is 1. The number of Topliss-reactive ketones (excluding diaryl/α,β-unsaturated/α-hetero) is 2. The van der Waals surface area contributed by atoms with Crippen molar-refractivity contribution in [2.45, 2.75) is 39.7 Å². The molecule has 2 aromatic carbocycles. The SMILES string of the molecule is CC(=O)c1c(C)[nH]c(C(=O)[C@H](C)NC[C@H](c2ccccc2)c2c[nH]c3ccccc23)c1C. The quantitative estimate of drug-likeness (QED) is 0.334. The molecule has 5 nitrogen and oxygen atoms in total. The van der Waals surface area contributed by atoms with Crippen molar-refractivity contribution in [1.29, 1.82) is 0 Å². The summed E-state index contributed by atoms with van der Waals surface area (Å²) in [7, 11) is 0. The van der Waals surface area contributed by atoms with Crippen LogP contribution in [0.1, 0.15) is 63.0 Å². The molecule has 164 valence electrons. The first-order chi connectivity index (χ1) is 15.4. The molecule has 0 unspecified atom stereocenters. The van der Waals surface area contributed by atoms with Crippen molar-refractivity contribution in [2.24, 2.45) is 0 Å². The van der Waals surface area contributed by atoms with Gasteiger partial charge in [-0.3, -0.25) is 9.59 Å². The summed E-state index contributed by atoms with van der Waals surface area (Å²) in [4.78, 5) is 31.6. The number of aryl methyl sites for hydroxylation is 1. The zero-order chi connectivity index (χ0) is 22.8. The van der Waals surface area contributed by atoms with E-state index in [1.165, 1.54) is 23.4 Å². The van der Waals surface area contributed by atoms with Crippen LogP contribution in [-0.4, -0.2) is 34.1 Å². The molecule has 0 fully saturated rings. The highest BCUT2D eigenvalue weighted by Gasteiger charge is 2.25. The van der Waals surface area contributed by atoms with Gasteiger partial charge >= 0.3 is 0 Å². The summed E-state index contributed by atoms with van der Waals surface area (Å²) >= 11 is 0. The molecule has 0 aliphatic heterocycles. The van der Waals surface area contributed by atoms with Crippen LogP contribution >= 0.6 is 0 Å². The standard InChI is InChI=1S/C27H29N3O2/c1-16-25(19(4)31)17(2)30-26(16)27(32)18(3)28-14-22(20-10-6-5-7-11-20)23-15-29-24-13-9-8-12-21(23)24/h5-13,15,18,22,28-30H,14H2,1-4H3/t18-,22+/m0/s1. The van der Waals surface area contributed by atoms with E-state index < -0.39 is 6.04 Å². The number of benzene rings is 2. The van der Waals surface area contributed by atoms with Gasteiger partial charge in [-0.15, -0.1) is 0 Å². The fraction of sp³-hybridized carbons (Fsp3) is 0.259. The van der Waals surface area contributed by atoms with E-state index in [0.717, 1.165) is 16.8 Å². The van der Waals surface area contributed by atoms with Gasteiger partial charge in [0.05, 0.1) is 11.7 Å². The Labute approximate surface area is 188 Å². The maximum absolute atomic E-state index is 13.2. The number of rotatable bonds is 8. The van der Waals surface area contributed by atoms with Gasteiger partial charge in [-0.2, -0.15) is 0 Å². The number of hydrogen-bond donors (Lipinski definition) is 3. The second kappa shape index (κ2) is 8.97. The molecule has 2 aromatic heterocycles. The Morgan fingerprint density at radius 2 is 1.69 bits per heavy atom. The van der Waals surface area contributed by atoms with Gasteiger partial charge in [0.25, 0.3) is 0 Å². The average molecular weight is 428 g/mol. The van der Waals surface area contributed by atoms with Crippen LogP contribution in [0.2, 0.25) is 0 Å². The molecule has 0 aliphatic carbocycles. The van der Waals surface area contributed by atoms with Gasteiger partial charge in [0.2, 0.25) is 0 Å². The third kappa shape index (κ3) is 4.04. The summed E-state index contributed by atoms with van der Waals surface area (Å²) in [5, 5.41) is 4.63. The predicted molar refractivity (Wildman–Crippen MR) is 129 cm³/mol. The lowest BCUT2D eigenvalue weighted by Crippen LogP contribution is -2.37. The van der Waals surface area contributed by atoms with Crippen LogP contribution in [0.3, 0.4) is 0 Å². The monoisotopic (exact) mass is 427 g/mol. The highest BCUT2D eigenvalue weighted by molar-refractivity contribution is 6.05. The van der Waals surface area contributed by atoms with Crippen LogP contribution in [-0.2, 0) is 0 Å². The molecule has 32 heavy (non-hydrogen) atoms. The second-order valence-electron chi connectivity index (χ2n) is 8.43. The third-order valence-electron chi connectivity index (χ3n) is 6.26. The lowest BCUT2D eigenvalue weighted by molar-refractivity contribution is 0.0945. The Morgan fingerprint density at radius 1 is 1.00 bits per heavy atom. The highest BCUT2D eigenvalue weighted by Crippen LogP contribution is 2.30. The van der Waals surface area contributed by atoms with Gasteiger partial charge < -0.3 is 15.3 Å². The number of ketones is 2. The van der Waals surface area contributed by atoms with Gasteiger partial charge in [-0.25, -0.2) is 0 Å². The number of hydrogen-bond acceptors (Lipinski definition) is 3. The number of carbonyl (C=O) groups is 2. The smallest absolute Gasteiger partial charge is 0.195 e. The Kier molecular flexibility index (Phi) is 6.10. The van der Waals surface area contributed by atoms with Gasteiger partial charge in [-0.05, 0) is 50.5 Å². The molecule has 2 atom stereocenters. The first-order valence-electron chi connectivity index (χ1n) is 11.0. The van der Waals surface area contributed by atoms with E-state index in [0.29, 0.717) is 17.8 Å². The Hall–Kier alpha value is -3.44. The first kappa shape index (κ1) is 21.8. The average Bonchev–Trinajstić information content (AvgIpc) is 3.34. The third-order valence-corrected chi connectivity index (χ3v) is 6.26. The van der Waals surface area contributed by atoms with Crippen molar-refractivity contribution in [3.05, 3.63) is 94.4 Å². The van der Waals surface area contributed by atoms with Crippen molar-refractivity contribution in [3.8, 4) is 0 Å². The van der Waals surface area contributed by atoms with Crippen LogP contribution in [0.15, 0.2) is 60.8 Å². The van der Waals surface area contributed by atoms with E-state index in [9.17, 15) is 9.59 Å². The lowest BCUT2D eigenvalue weighted by Gasteiger charge is -2.21. The maximum Gasteiger partial charge on any atom is 0.195 e. The van der Waals surface area contributed by atoms with Crippen LogP contribution in [0.5, 0.6) is 0 Å². The molecule has 0 aliphatic rings. The molecule has 5 heteroatoms. The van der Waals surface area contributed by atoms with E-state index in [-0.39, 0.29) is 17.5 Å². The topological polar surface area (TPSA) is 77.8 Å². The predicted octanol–water partition coefficient (Wildman–Crippen LogP) is 5.31. The van der Waals surface area contributed by atoms with E-state index in [1.807, 2.05) is 51.1 Å². The van der Waals surface area contributed by atoms with E-state index in [1.54, 1.807) is 0 Å². The van der Waals surface area contributed by atoms with Gasteiger partial charge in [0, 0.05) is 40.8 Å². The van der Waals surface area contributed by atoms with Crippen molar-refractivity contribution >= 4 is 22.5 Å². The van der Waals surface area contributed by atoms with Crippen LogP contribution < -0.4 is 5.32 Å². The molecule has 0 saturated heterocycles. The van der Waals surface area contributed by atoms with Gasteiger partial charge in [-0.1, -0.05) is 48.5 Å². The molecule has 0 radical (unpaired) electrons. The number of carbonyl (C=O) groups excluding carboxylic acids is 2. The lowest BCUT2D eigenvalue weighted by atomic mass is 9.90. The summed E-state index contributed by atoms with van der Waals surface area (Å²) < 4.78 is 0. The number of aromatic nitrogens is 2. The first-order valence-corrected chi connectivity index (χ1v) is 11.0. The minimum Gasteiger partial charge on any atom is -0.361 e. The Morgan fingerprint density at radius 3 is 2.38 bits per heavy atom. The van der Waals surface area contributed by atoms with Crippen molar-refractivity contribution in [1.82, 2.24) is 15.3 Å². The second-order valence-corrected chi connectivity index (χ2v) is 8.43. The number of nitrogens with one attached hydrogen (secondary N) is 3. The van der Waals surface area contributed by atoms with Crippen molar-refractivity contribution in [2.75, 3.05) is 6.54 Å². The number of fused-ring (bicyclic) bond motifs is 1. The Bertz CT molecular complexity index is 1270. The number of aromatic amines is 2. The Balaban J connectivity index is 1.60. The zero-order valence-corrected chi connectivity index (χ0v) is 19.0. The summed E-state index contributed by atoms with van der Waals surface area (Å²) in [5.74, 6) is 0.0186. The maximum atomic E-state index is 13.2. The highest BCUT2D eigenvalue weighted by atomic mass is 16.1. The van der Waals surface area contributed by atoms with Crippen LogP contribution in [0, 0.1) is 13.8 Å². The number of H-pyrrole nitrogens is 2. The van der Waals surface area contributed by atoms with E-state index >= 15 is 0 Å². The van der Waals surface area contributed by atoms with Crippen LogP contribution in [0.4, 0.5) is 0 Å². The molecule has 2 heterocycles. The van der Waals surface area contributed by atoms with Crippen molar-refractivity contribution in [3.63, 3.8) is 0 Å². The summed E-state index contributed by atoms with van der Waals surface area (Å²) in [6.45, 7) is 7.68. The van der Waals surface area contributed by atoms with E-state index in [2.05, 4.69) is 45.7 Å². The van der Waals surface area contributed by atoms with Crippen LogP contribution in [0.25, 0.3) is 10.9 Å². The summed E-state index contributed by atoms with van der Waals surface area (Å²) in [6, 6.07) is 18.2. The fourth-order valence-corrected chi connectivity index (χ4v) is 4.60. The molecule has 0 amide bonds. The largest absolute Gasteiger partial charge is 0.361 e. The fourth-order valence-electron chi connectivity index (χ4n) is 4.60. The molecule has 4 aromatic rings. The normalized spacial score (nSPS) is 13.2. The molecule has 0 bridgehead atoms. The molecule has 0 spiro atoms. The zero-order valence-electron chi connectivity index (χ0n) is 19.0. The van der Waals surface area contributed by atoms with Gasteiger partial charge in [0.1, 0.15) is 0 Å². The summed E-state index contributed by atoms with van der Waals surface area (Å²) in [6.07, 6.45) is 2.06.